The Labute approximate surface area is 152 Å². The van der Waals surface area contributed by atoms with E-state index in [0.717, 1.165) is 16.8 Å². The molecule has 3 aromatic rings. The van der Waals surface area contributed by atoms with E-state index in [4.69, 9.17) is 0 Å². The zero-order chi connectivity index (χ0) is 18.5. The molecule has 0 saturated carbocycles. The first-order valence-electron chi connectivity index (χ1n) is 8.34. The fraction of sp³-hybridized carbons (Fsp3) is 0.200. The summed E-state index contributed by atoms with van der Waals surface area (Å²) in [7, 11) is 3.65. The Balaban J connectivity index is 1.76. The van der Waals surface area contributed by atoms with Crippen molar-refractivity contribution in [1.82, 2.24) is 20.0 Å². The van der Waals surface area contributed by atoms with Crippen molar-refractivity contribution in [3.63, 3.8) is 0 Å². The highest BCUT2D eigenvalue weighted by molar-refractivity contribution is 5.83. The standard InChI is InChI=1S/C20H21FN4O/c1-24(2)19(15-8-10-17(21)11-9-15)20(26)22-14-16-6-3-4-7-18(16)25-13-5-12-23-25/h3-13,19H,14H2,1-2H3,(H,22,26)/t19-/m0/s1. The molecule has 1 N–H and O–H groups in total. The molecule has 3 rings (SSSR count). The molecule has 0 aliphatic heterocycles. The minimum atomic E-state index is -0.493. The van der Waals surface area contributed by atoms with Crippen LogP contribution in [0.2, 0.25) is 0 Å². The molecule has 5 nitrogen and oxygen atoms in total. The summed E-state index contributed by atoms with van der Waals surface area (Å²) < 4.78 is 14.9. The minimum absolute atomic E-state index is 0.142. The van der Waals surface area contributed by atoms with Gasteiger partial charge in [0.2, 0.25) is 5.91 Å². The van der Waals surface area contributed by atoms with Gasteiger partial charge < -0.3 is 5.32 Å². The number of halogens is 1. The Bertz CT molecular complexity index is 860. The van der Waals surface area contributed by atoms with E-state index < -0.39 is 6.04 Å². The lowest BCUT2D eigenvalue weighted by Crippen LogP contribution is -2.36. The van der Waals surface area contributed by atoms with Crippen LogP contribution in [0.4, 0.5) is 4.39 Å². The highest BCUT2D eigenvalue weighted by atomic mass is 19.1. The molecule has 0 spiro atoms. The van der Waals surface area contributed by atoms with Crippen LogP contribution in [0.3, 0.4) is 0 Å². The quantitative estimate of drug-likeness (QED) is 0.742. The summed E-state index contributed by atoms with van der Waals surface area (Å²) in [5, 5.41) is 7.23. The van der Waals surface area contributed by atoms with Gasteiger partial charge in [-0.15, -0.1) is 0 Å². The normalized spacial score (nSPS) is 12.2. The molecule has 0 bridgehead atoms. The first-order chi connectivity index (χ1) is 12.6. The third-order valence-corrected chi connectivity index (χ3v) is 4.15. The molecule has 0 radical (unpaired) electrons. The maximum absolute atomic E-state index is 13.2. The number of rotatable bonds is 6. The SMILES string of the molecule is CN(C)[C@H](C(=O)NCc1ccccc1-n1cccn1)c1ccc(F)cc1. The van der Waals surface area contributed by atoms with Gasteiger partial charge in [0.1, 0.15) is 11.9 Å². The van der Waals surface area contributed by atoms with E-state index in [1.165, 1.54) is 12.1 Å². The maximum atomic E-state index is 13.2. The third-order valence-electron chi connectivity index (χ3n) is 4.15. The fourth-order valence-corrected chi connectivity index (χ4v) is 2.90. The summed E-state index contributed by atoms with van der Waals surface area (Å²) in [6.07, 6.45) is 3.58. The highest BCUT2D eigenvalue weighted by Crippen LogP contribution is 2.20. The maximum Gasteiger partial charge on any atom is 0.242 e. The van der Waals surface area contributed by atoms with Gasteiger partial charge in [-0.2, -0.15) is 5.10 Å². The molecular formula is C20H21FN4O. The molecule has 0 aliphatic rings. The summed E-state index contributed by atoms with van der Waals surface area (Å²) in [5.74, 6) is -0.461. The van der Waals surface area contributed by atoms with E-state index in [9.17, 15) is 9.18 Å². The van der Waals surface area contributed by atoms with E-state index >= 15 is 0 Å². The Hall–Kier alpha value is -2.99. The summed E-state index contributed by atoms with van der Waals surface area (Å²) in [6, 6.07) is 15.1. The molecule has 134 valence electrons. The number of nitrogens with zero attached hydrogens (tertiary/aromatic N) is 3. The Kier molecular flexibility index (Phi) is 5.43. The van der Waals surface area contributed by atoms with Gasteiger partial charge in [0.15, 0.2) is 0 Å². The van der Waals surface area contributed by atoms with E-state index in [-0.39, 0.29) is 11.7 Å². The number of nitrogens with one attached hydrogen (secondary N) is 1. The van der Waals surface area contributed by atoms with E-state index in [1.807, 2.05) is 55.5 Å². The van der Waals surface area contributed by atoms with Crippen molar-refractivity contribution >= 4 is 5.91 Å². The number of amides is 1. The molecule has 1 amide bonds. The number of hydrogen-bond donors (Lipinski definition) is 1. The second kappa shape index (κ2) is 7.93. The van der Waals surface area contributed by atoms with Crippen molar-refractivity contribution in [2.75, 3.05) is 14.1 Å². The number of para-hydroxylation sites is 1. The van der Waals surface area contributed by atoms with Gasteiger partial charge >= 0.3 is 0 Å². The van der Waals surface area contributed by atoms with E-state index in [2.05, 4.69) is 10.4 Å². The minimum Gasteiger partial charge on any atom is -0.350 e. The predicted octanol–water partition coefficient (Wildman–Crippen LogP) is 2.93. The lowest BCUT2D eigenvalue weighted by Gasteiger charge is -2.24. The second-order valence-electron chi connectivity index (χ2n) is 6.21. The van der Waals surface area contributed by atoms with Gasteiger partial charge in [-0.25, -0.2) is 9.07 Å². The Morgan fingerprint density at radius 2 is 1.88 bits per heavy atom. The Morgan fingerprint density at radius 1 is 1.15 bits per heavy atom. The van der Waals surface area contributed by atoms with Gasteiger partial charge in [-0.05, 0) is 49.5 Å². The van der Waals surface area contributed by atoms with Crippen molar-refractivity contribution in [3.05, 3.63) is 83.9 Å². The summed E-state index contributed by atoms with van der Waals surface area (Å²) >= 11 is 0. The molecule has 0 unspecified atom stereocenters. The predicted molar refractivity (Wildman–Crippen MR) is 98.2 cm³/mol. The van der Waals surface area contributed by atoms with E-state index in [0.29, 0.717) is 6.54 Å². The first kappa shape index (κ1) is 17.8. The van der Waals surface area contributed by atoms with Crippen molar-refractivity contribution in [2.24, 2.45) is 0 Å². The van der Waals surface area contributed by atoms with Gasteiger partial charge in [0.05, 0.1) is 5.69 Å². The highest BCUT2D eigenvalue weighted by Gasteiger charge is 2.23. The monoisotopic (exact) mass is 352 g/mol. The van der Waals surface area contributed by atoms with Crippen molar-refractivity contribution < 1.29 is 9.18 Å². The molecule has 0 fully saturated rings. The van der Waals surface area contributed by atoms with Gasteiger partial charge in [0.25, 0.3) is 0 Å². The molecule has 6 heteroatoms. The number of benzene rings is 2. The fourth-order valence-electron chi connectivity index (χ4n) is 2.90. The van der Waals surface area contributed by atoms with Crippen LogP contribution in [-0.2, 0) is 11.3 Å². The zero-order valence-electron chi connectivity index (χ0n) is 14.8. The molecule has 1 aromatic heterocycles. The van der Waals surface area contributed by atoms with Crippen molar-refractivity contribution in [3.8, 4) is 5.69 Å². The number of likely N-dealkylation sites (N-methyl/N-ethyl adjacent to an activating group) is 1. The van der Waals surface area contributed by atoms with Gasteiger partial charge in [-0.3, -0.25) is 9.69 Å². The lowest BCUT2D eigenvalue weighted by atomic mass is 10.0. The molecule has 0 aliphatic carbocycles. The van der Waals surface area contributed by atoms with E-state index in [1.54, 1.807) is 23.0 Å². The summed E-state index contributed by atoms with van der Waals surface area (Å²) in [5.41, 5.74) is 2.62. The van der Waals surface area contributed by atoms with Crippen LogP contribution in [0.15, 0.2) is 67.0 Å². The molecule has 1 atom stereocenters. The van der Waals surface area contributed by atoms with Crippen LogP contribution in [0.1, 0.15) is 17.2 Å². The zero-order valence-corrected chi connectivity index (χ0v) is 14.8. The third kappa shape index (κ3) is 3.97. The molecule has 26 heavy (non-hydrogen) atoms. The van der Waals surface area contributed by atoms with Crippen molar-refractivity contribution in [2.45, 2.75) is 12.6 Å². The van der Waals surface area contributed by atoms with Crippen LogP contribution in [-0.4, -0.2) is 34.7 Å². The number of aromatic nitrogens is 2. The smallest absolute Gasteiger partial charge is 0.242 e. The average molecular weight is 352 g/mol. The summed E-state index contributed by atoms with van der Waals surface area (Å²) in [4.78, 5) is 14.6. The van der Waals surface area contributed by atoms with Crippen molar-refractivity contribution in [1.29, 1.82) is 0 Å². The number of carbonyl (C=O) groups is 1. The van der Waals surface area contributed by atoms with Crippen LogP contribution < -0.4 is 5.32 Å². The first-order valence-corrected chi connectivity index (χ1v) is 8.34. The lowest BCUT2D eigenvalue weighted by molar-refractivity contribution is -0.125. The van der Waals surface area contributed by atoms with Gasteiger partial charge in [-0.1, -0.05) is 30.3 Å². The molecular weight excluding hydrogens is 331 g/mol. The second-order valence-corrected chi connectivity index (χ2v) is 6.21. The number of carbonyl (C=O) groups excluding carboxylic acids is 1. The molecule has 2 aromatic carbocycles. The largest absolute Gasteiger partial charge is 0.350 e. The van der Waals surface area contributed by atoms with Crippen LogP contribution >= 0.6 is 0 Å². The van der Waals surface area contributed by atoms with Gasteiger partial charge in [0, 0.05) is 18.9 Å². The Morgan fingerprint density at radius 3 is 2.54 bits per heavy atom. The van der Waals surface area contributed by atoms with Crippen LogP contribution in [0, 0.1) is 5.82 Å². The molecule has 1 heterocycles. The topological polar surface area (TPSA) is 50.2 Å². The number of hydrogen-bond acceptors (Lipinski definition) is 3. The summed E-state index contributed by atoms with van der Waals surface area (Å²) in [6.45, 7) is 0.375. The molecule has 0 saturated heterocycles. The van der Waals surface area contributed by atoms with Crippen LogP contribution in [0.25, 0.3) is 5.69 Å². The van der Waals surface area contributed by atoms with Crippen LogP contribution in [0.5, 0.6) is 0 Å². The average Bonchev–Trinajstić information content (AvgIpc) is 3.16.